The van der Waals surface area contributed by atoms with Gasteiger partial charge >= 0.3 is 6.09 Å². The number of aromatic nitrogens is 1. The Hall–Kier alpha value is -5.51. The molecule has 6 rings (SSSR count). The molecule has 10 heteroatoms. The molecule has 43 heavy (non-hydrogen) atoms. The summed E-state index contributed by atoms with van der Waals surface area (Å²) in [5, 5.41) is 8.25. The normalized spacial score (nSPS) is 13.4. The summed E-state index contributed by atoms with van der Waals surface area (Å²) in [5.74, 6) is -0.676. The minimum atomic E-state index is -0.582. The molecule has 0 bridgehead atoms. The van der Waals surface area contributed by atoms with E-state index in [1.54, 1.807) is 48.1 Å². The molecule has 0 saturated carbocycles. The molecular weight excluding hydrogens is 548 g/mol. The maximum Gasteiger partial charge on any atom is 0.407 e. The van der Waals surface area contributed by atoms with E-state index in [0.29, 0.717) is 17.1 Å². The summed E-state index contributed by atoms with van der Waals surface area (Å²) >= 11 is 0. The zero-order chi connectivity index (χ0) is 29.8. The highest BCUT2D eigenvalue weighted by molar-refractivity contribution is 6.04. The van der Waals surface area contributed by atoms with Gasteiger partial charge in [0.15, 0.2) is 0 Å². The number of ether oxygens (including phenoxy) is 3. The first kappa shape index (κ1) is 27.6. The third-order valence-electron chi connectivity index (χ3n) is 7.39. The second-order valence-electron chi connectivity index (χ2n) is 10.2. The number of alkyl carbamates (subject to hydrolysis) is 1. The Balaban J connectivity index is 0.952. The molecule has 0 atom stereocenters. The molecule has 0 unspecified atom stereocenters. The van der Waals surface area contributed by atoms with Crippen molar-refractivity contribution in [3.8, 4) is 11.1 Å². The lowest BCUT2D eigenvalue weighted by atomic mass is 9.98. The SMILES string of the molecule is Cn1cc(NC(=O)CCNC(=O)OCC2c3ccccc3-c3ccccc32)cc1C(=O)Nc1ccc(C2OC=CO2)cc1. The van der Waals surface area contributed by atoms with E-state index in [-0.39, 0.29) is 37.3 Å². The molecule has 0 saturated heterocycles. The number of aryl methyl sites for hydroxylation is 1. The van der Waals surface area contributed by atoms with Crippen LogP contribution in [0.25, 0.3) is 11.1 Å². The number of hydrogen-bond donors (Lipinski definition) is 3. The minimum absolute atomic E-state index is 0.0380. The summed E-state index contributed by atoms with van der Waals surface area (Å²) in [6, 6.07) is 25.0. The molecule has 1 aliphatic heterocycles. The monoisotopic (exact) mass is 578 g/mol. The van der Waals surface area contributed by atoms with Crippen LogP contribution in [-0.2, 0) is 26.1 Å². The predicted octanol–water partition coefficient (Wildman–Crippen LogP) is 5.66. The van der Waals surface area contributed by atoms with Crippen LogP contribution in [0, 0.1) is 0 Å². The van der Waals surface area contributed by atoms with Crippen LogP contribution in [0.2, 0.25) is 0 Å². The fraction of sp³-hybridized carbons (Fsp3) is 0.182. The van der Waals surface area contributed by atoms with Gasteiger partial charge in [0.25, 0.3) is 12.2 Å². The van der Waals surface area contributed by atoms with E-state index in [1.807, 2.05) is 24.3 Å². The molecule has 3 N–H and O–H groups in total. The predicted molar refractivity (Wildman–Crippen MR) is 160 cm³/mol. The minimum Gasteiger partial charge on any atom is -0.455 e. The lowest BCUT2D eigenvalue weighted by Crippen LogP contribution is -2.29. The molecule has 0 spiro atoms. The van der Waals surface area contributed by atoms with Crippen molar-refractivity contribution in [2.24, 2.45) is 7.05 Å². The number of benzene rings is 3. The topological polar surface area (TPSA) is 120 Å². The maximum absolute atomic E-state index is 12.8. The van der Waals surface area contributed by atoms with E-state index in [4.69, 9.17) is 14.2 Å². The van der Waals surface area contributed by atoms with Crippen molar-refractivity contribution >= 4 is 29.3 Å². The molecule has 2 heterocycles. The largest absolute Gasteiger partial charge is 0.455 e. The van der Waals surface area contributed by atoms with Crippen LogP contribution in [0.4, 0.5) is 16.2 Å². The Kier molecular flexibility index (Phi) is 7.82. The number of amides is 3. The second kappa shape index (κ2) is 12.2. The first-order chi connectivity index (χ1) is 21.0. The number of nitrogens with one attached hydrogen (secondary N) is 3. The van der Waals surface area contributed by atoms with Gasteiger partial charge in [0.1, 0.15) is 24.8 Å². The van der Waals surface area contributed by atoms with E-state index in [0.717, 1.165) is 27.8 Å². The van der Waals surface area contributed by atoms with E-state index in [9.17, 15) is 14.4 Å². The number of nitrogens with zero attached hydrogens (tertiary/aromatic N) is 1. The average molecular weight is 579 g/mol. The van der Waals surface area contributed by atoms with E-state index in [2.05, 4.69) is 40.2 Å². The van der Waals surface area contributed by atoms with Gasteiger partial charge in [0.2, 0.25) is 5.91 Å². The van der Waals surface area contributed by atoms with Gasteiger partial charge in [0, 0.05) is 43.4 Å². The van der Waals surface area contributed by atoms with Crippen LogP contribution in [0.5, 0.6) is 0 Å². The van der Waals surface area contributed by atoms with Crippen LogP contribution in [0.15, 0.2) is 97.6 Å². The Morgan fingerprint density at radius 3 is 2.16 bits per heavy atom. The Bertz CT molecular complexity index is 1640. The summed E-state index contributed by atoms with van der Waals surface area (Å²) in [6.45, 7) is 0.303. The fourth-order valence-corrected chi connectivity index (χ4v) is 5.32. The first-order valence-electron chi connectivity index (χ1n) is 13.9. The van der Waals surface area contributed by atoms with E-state index >= 15 is 0 Å². The van der Waals surface area contributed by atoms with E-state index < -0.39 is 12.4 Å². The zero-order valence-corrected chi connectivity index (χ0v) is 23.4. The summed E-state index contributed by atoms with van der Waals surface area (Å²) in [7, 11) is 1.72. The number of rotatable bonds is 9. The third kappa shape index (κ3) is 6.08. The number of hydrogen-bond acceptors (Lipinski definition) is 6. The van der Waals surface area contributed by atoms with Crippen molar-refractivity contribution < 1.29 is 28.6 Å². The van der Waals surface area contributed by atoms with Crippen molar-refractivity contribution in [1.82, 2.24) is 9.88 Å². The number of carbonyl (C=O) groups excluding carboxylic acids is 3. The molecule has 0 radical (unpaired) electrons. The van der Waals surface area contributed by atoms with Crippen molar-refractivity contribution in [2.75, 3.05) is 23.8 Å². The van der Waals surface area contributed by atoms with Gasteiger partial charge in [-0.05, 0) is 52.6 Å². The van der Waals surface area contributed by atoms with E-state index in [1.165, 1.54) is 12.5 Å². The van der Waals surface area contributed by atoms with Crippen LogP contribution >= 0.6 is 0 Å². The number of fused-ring (bicyclic) bond motifs is 3. The molecule has 1 aliphatic carbocycles. The lowest BCUT2D eigenvalue weighted by molar-refractivity contribution is -0.116. The van der Waals surface area contributed by atoms with Crippen LogP contribution in [0.1, 0.15) is 45.8 Å². The highest BCUT2D eigenvalue weighted by Crippen LogP contribution is 2.44. The first-order valence-corrected chi connectivity index (χ1v) is 13.9. The van der Waals surface area contributed by atoms with Crippen molar-refractivity contribution in [1.29, 1.82) is 0 Å². The summed E-state index contributed by atoms with van der Waals surface area (Å²) < 4.78 is 17.8. The molecule has 218 valence electrons. The molecule has 4 aromatic rings. The average Bonchev–Trinajstić information content (AvgIpc) is 3.75. The van der Waals surface area contributed by atoms with Crippen molar-refractivity contribution in [2.45, 2.75) is 18.6 Å². The summed E-state index contributed by atoms with van der Waals surface area (Å²) in [4.78, 5) is 37.8. The molecule has 0 fully saturated rings. The molecule has 2 aliphatic rings. The van der Waals surface area contributed by atoms with Gasteiger partial charge in [-0.3, -0.25) is 9.59 Å². The van der Waals surface area contributed by atoms with Gasteiger partial charge in [-0.2, -0.15) is 0 Å². The number of anilines is 2. The highest BCUT2D eigenvalue weighted by atomic mass is 16.7. The van der Waals surface area contributed by atoms with Gasteiger partial charge in [0.05, 0.1) is 5.69 Å². The third-order valence-corrected chi connectivity index (χ3v) is 7.39. The van der Waals surface area contributed by atoms with Gasteiger partial charge in [-0.25, -0.2) is 4.79 Å². The Morgan fingerprint density at radius 2 is 1.49 bits per heavy atom. The summed E-state index contributed by atoms with van der Waals surface area (Å²) in [5.41, 5.74) is 6.83. The van der Waals surface area contributed by atoms with Gasteiger partial charge < -0.3 is 34.7 Å². The smallest absolute Gasteiger partial charge is 0.407 e. The van der Waals surface area contributed by atoms with Crippen LogP contribution < -0.4 is 16.0 Å². The Morgan fingerprint density at radius 1 is 0.837 bits per heavy atom. The van der Waals surface area contributed by atoms with Crippen LogP contribution in [0.3, 0.4) is 0 Å². The second-order valence-corrected chi connectivity index (χ2v) is 10.2. The molecule has 10 nitrogen and oxygen atoms in total. The molecular formula is C33H30N4O6. The quantitative estimate of drug-likeness (QED) is 0.236. The van der Waals surface area contributed by atoms with Crippen molar-refractivity contribution in [3.05, 3.63) is 120 Å². The molecule has 1 aromatic heterocycles. The summed E-state index contributed by atoms with van der Waals surface area (Å²) in [6.07, 6.45) is 3.58. The molecule has 3 amide bonds. The lowest BCUT2D eigenvalue weighted by Gasteiger charge is -2.14. The molecule has 3 aromatic carbocycles. The zero-order valence-electron chi connectivity index (χ0n) is 23.4. The highest BCUT2D eigenvalue weighted by Gasteiger charge is 2.29. The maximum atomic E-state index is 12.8. The van der Waals surface area contributed by atoms with Gasteiger partial charge in [-0.1, -0.05) is 48.5 Å². The fourth-order valence-electron chi connectivity index (χ4n) is 5.32. The van der Waals surface area contributed by atoms with Crippen molar-refractivity contribution in [3.63, 3.8) is 0 Å². The number of carbonyl (C=O) groups is 3. The van der Waals surface area contributed by atoms with Gasteiger partial charge in [-0.15, -0.1) is 0 Å². The standard InChI is InChI=1S/C33H30N4O6/c1-37-19-23(18-29(37)31(39)36-22-12-10-21(11-13-22)32-41-16-17-42-32)35-30(38)14-15-34-33(40)43-20-28-26-8-4-2-6-24(26)25-7-3-5-9-27(25)28/h2-13,16-19,28,32H,14-15,20H2,1H3,(H,34,40)(H,35,38)(H,36,39). The van der Waals surface area contributed by atoms with Crippen LogP contribution in [-0.4, -0.2) is 35.6 Å². The Labute approximate surface area is 248 Å².